The first-order chi connectivity index (χ1) is 16.0. The normalized spacial score (nSPS) is 17.2. The summed E-state index contributed by atoms with van der Waals surface area (Å²) in [7, 11) is -3.63. The SMILES string of the molecule is CCCN(C(=O)CSc1nnc(-c2cccc(S(=O)(=O)N3CCOCC3)c2)o1)C1=CCCC1. The maximum Gasteiger partial charge on any atom is 0.277 e. The highest BCUT2D eigenvalue weighted by atomic mass is 32.2. The number of hydrogen-bond acceptors (Lipinski definition) is 8. The molecule has 0 bridgehead atoms. The Balaban J connectivity index is 1.43. The van der Waals surface area contributed by atoms with E-state index in [1.807, 2.05) is 4.90 Å². The highest BCUT2D eigenvalue weighted by Gasteiger charge is 2.27. The van der Waals surface area contributed by atoms with Crippen LogP contribution in [0.5, 0.6) is 0 Å². The van der Waals surface area contributed by atoms with Gasteiger partial charge >= 0.3 is 0 Å². The quantitative estimate of drug-likeness (QED) is 0.492. The number of sulfonamides is 1. The van der Waals surface area contributed by atoms with Gasteiger partial charge in [0.1, 0.15) is 0 Å². The molecule has 11 heteroatoms. The largest absolute Gasteiger partial charge is 0.411 e. The number of amides is 1. The second-order valence-electron chi connectivity index (χ2n) is 7.84. The van der Waals surface area contributed by atoms with Crippen LogP contribution in [0, 0.1) is 0 Å². The molecule has 1 amide bonds. The van der Waals surface area contributed by atoms with E-state index in [1.165, 1.54) is 22.1 Å². The molecule has 9 nitrogen and oxygen atoms in total. The Bertz CT molecular complexity index is 1110. The maximum absolute atomic E-state index is 12.9. The van der Waals surface area contributed by atoms with Gasteiger partial charge in [-0.05, 0) is 43.9 Å². The summed E-state index contributed by atoms with van der Waals surface area (Å²) in [6.45, 7) is 4.18. The van der Waals surface area contributed by atoms with Crippen molar-refractivity contribution in [1.82, 2.24) is 19.4 Å². The minimum absolute atomic E-state index is 0.0216. The fourth-order valence-corrected chi connectivity index (χ4v) is 5.96. The molecule has 2 heterocycles. The molecule has 0 radical (unpaired) electrons. The number of carbonyl (C=O) groups is 1. The van der Waals surface area contributed by atoms with Gasteiger partial charge in [0.25, 0.3) is 5.22 Å². The molecule has 0 spiro atoms. The molecule has 1 aliphatic heterocycles. The molecule has 33 heavy (non-hydrogen) atoms. The molecule has 0 unspecified atom stereocenters. The number of carbonyl (C=O) groups excluding carboxylic acids is 1. The average Bonchev–Trinajstić information content (AvgIpc) is 3.54. The van der Waals surface area contributed by atoms with Gasteiger partial charge in [0, 0.05) is 30.9 Å². The van der Waals surface area contributed by atoms with Gasteiger partial charge in [0.15, 0.2) is 0 Å². The molecule has 178 valence electrons. The topological polar surface area (TPSA) is 106 Å². The van der Waals surface area contributed by atoms with E-state index in [0.717, 1.165) is 31.4 Å². The Morgan fingerprint density at radius 2 is 2.06 bits per heavy atom. The maximum atomic E-state index is 12.9. The molecular formula is C22H28N4O5S2. The van der Waals surface area contributed by atoms with Gasteiger partial charge in [0.05, 0.1) is 23.9 Å². The van der Waals surface area contributed by atoms with Crippen molar-refractivity contribution < 1.29 is 22.4 Å². The lowest BCUT2D eigenvalue weighted by molar-refractivity contribution is -0.126. The molecule has 1 saturated heterocycles. The molecule has 2 aromatic rings. The van der Waals surface area contributed by atoms with Crippen LogP contribution >= 0.6 is 11.8 Å². The highest BCUT2D eigenvalue weighted by molar-refractivity contribution is 7.99. The van der Waals surface area contributed by atoms with Crippen LogP contribution in [0.15, 0.2) is 50.6 Å². The second kappa shape index (κ2) is 10.8. The number of thioether (sulfide) groups is 1. The van der Waals surface area contributed by atoms with Crippen molar-refractivity contribution in [2.24, 2.45) is 0 Å². The van der Waals surface area contributed by atoms with Crippen LogP contribution in [0.2, 0.25) is 0 Å². The molecule has 0 atom stereocenters. The lowest BCUT2D eigenvalue weighted by atomic mass is 10.2. The summed E-state index contributed by atoms with van der Waals surface area (Å²) in [6.07, 6.45) is 6.07. The van der Waals surface area contributed by atoms with Crippen LogP contribution < -0.4 is 0 Å². The van der Waals surface area contributed by atoms with E-state index < -0.39 is 10.0 Å². The van der Waals surface area contributed by atoms with Crippen molar-refractivity contribution in [3.8, 4) is 11.5 Å². The Hall–Kier alpha value is -2.21. The number of allylic oxidation sites excluding steroid dienone is 2. The van der Waals surface area contributed by atoms with Gasteiger partial charge < -0.3 is 14.1 Å². The molecule has 4 rings (SSSR count). The summed E-state index contributed by atoms with van der Waals surface area (Å²) in [5, 5.41) is 8.36. The molecule has 0 N–H and O–H groups in total. The third-order valence-electron chi connectivity index (χ3n) is 5.53. The first-order valence-corrected chi connectivity index (χ1v) is 13.6. The number of rotatable bonds is 9. The van der Waals surface area contributed by atoms with Crippen molar-refractivity contribution in [1.29, 1.82) is 0 Å². The van der Waals surface area contributed by atoms with Gasteiger partial charge in [-0.3, -0.25) is 4.79 Å². The van der Waals surface area contributed by atoms with E-state index in [0.29, 0.717) is 38.4 Å². The zero-order chi connectivity index (χ0) is 23.3. The van der Waals surface area contributed by atoms with Crippen molar-refractivity contribution in [3.63, 3.8) is 0 Å². The van der Waals surface area contributed by atoms with Gasteiger partial charge in [-0.1, -0.05) is 30.8 Å². The number of morpholine rings is 1. The van der Waals surface area contributed by atoms with Crippen molar-refractivity contribution in [2.45, 2.75) is 42.7 Å². The molecule has 2 aliphatic rings. The molecule has 1 fully saturated rings. The van der Waals surface area contributed by atoms with Crippen LogP contribution in [-0.2, 0) is 19.6 Å². The second-order valence-corrected chi connectivity index (χ2v) is 10.7. The van der Waals surface area contributed by atoms with Gasteiger partial charge in [0.2, 0.25) is 21.8 Å². The summed E-state index contributed by atoms with van der Waals surface area (Å²) in [6, 6.07) is 6.47. The smallest absolute Gasteiger partial charge is 0.277 e. The Kier molecular flexibility index (Phi) is 7.84. The predicted octanol–water partition coefficient (Wildman–Crippen LogP) is 3.16. The Morgan fingerprint density at radius 3 is 2.79 bits per heavy atom. The number of hydrogen-bond donors (Lipinski definition) is 0. The molecule has 1 aromatic heterocycles. The minimum Gasteiger partial charge on any atom is -0.411 e. The monoisotopic (exact) mass is 492 g/mol. The van der Waals surface area contributed by atoms with E-state index in [2.05, 4.69) is 23.2 Å². The summed E-state index contributed by atoms with van der Waals surface area (Å²) in [5.41, 5.74) is 1.62. The minimum atomic E-state index is -3.63. The van der Waals surface area contributed by atoms with E-state index in [9.17, 15) is 13.2 Å². The lowest BCUT2D eigenvalue weighted by Crippen LogP contribution is -2.40. The summed E-state index contributed by atoms with van der Waals surface area (Å²) < 4.78 is 38.3. The van der Waals surface area contributed by atoms with Crippen molar-refractivity contribution >= 4 is 27.7 Å². The Labute approximate surface area is 198 Å². The summed E-state index contributed by atoms with van der Waals surface area (Å²) in [4.78, 5) is 14.8. The standard InChI is InChI=1S/C22H28N4O5S2/c1-2-10-26(18-7-3-4-8-18)20(27)16-32-22-24-23-21(31-22)17-6-5-9-19(15-17)33(28,29)25-11-13-30-14-12-25/h5-7,9,15H,2-4,8,10-14,16H2,1H3. The lowest BCUT2D eigenvalue weighted by Gasteiger charge is -2.26. The fraction of sp³-hybridized carbons (Fsp3) is 0.500. The zero-order valence-corrected chi connectivity index (χ0v) is 20.2. The van der Waals surface area contributed by atoms with Crippen LogP contribution in [0.3, 0.4) is 0 Å². The van der Waals surface area contributed by atoms with E-state index in [4.69, 9.17) is 9.15 Å². The van der Waals surface area contributed by atoms with E-state index in [1.54, 1.807) is 18.2 Å². The third kappa shape index (κ3) is 5.65. The number of nitrogens with zero attached hydrogens (tertiary/aromatic N) is 4. The number of aromatic nitrogens is 2. The van der Waals surface area contributed by atoms with Crippen LogP contribution in [0.4, 0.5) is 0 Å². The molecule has 1 aliphatic carbocycles. The molecule has 0 saturated carbocycles. The van der Waals surface area contributed by atoms with E-state index in [-0.39, 0.29) is 27.7 Å². The van der Waals surface area contributed by atoms with E-state index >= 15 is 0 Å². The molecule has 1 aromatic carbocycles. The summed E-state index contributed by atoms with van der Waals surface area (Å²) >= 11 is 1.19. The van der Waals surface area contributed by atoms with Crippen LogP contribution in [0.1, 0.15) is 32.6 Å². The predicted molar refractivity (Wildman–Crippen MR) is 124 cm³/mol. The van der Waals surface area contributed by atoms with Gasteiger partial charge in [-0.15, -0.1) is 10.2 Å². The van der Waals surface area contributed by atoms with Crippen molar-refractivity contribution in [3.05, 3.63) is 36.0 Å². The zero-order valence-electron chi connectivity index (χ0n) is 18.6. The van der Waals surface area contributed by atoms with Crippen LogP contribution in [0.25, 0.3) is 11.5 Å². The van der Waals surface area contributed by atoms with Crippen LogP contribution in [-0.4, -0.2) is 72.3 Å². The first kappa shape index (κ1) is 23.9. The first-order valence-electron chi connectivity index (χ1n) is 11.1. The molecular weight excluding hydrogens is 464 g/mol. The number of benzene rings is 1. The average molecular weight is 493 g/mol. The Morgan fingerprint density at radius 1 is 1.24 bits per heavy atom. The van der Waals surface area contributed by atoms with Crippen molar-refractivity contribution in [2.75, 3.05) is 38.6 Å². The van der Waals surface area contributed by atoms with Gasteiger partial charge in [-0.2, -0.15) is 4.31 Å². The highest BCUT2D eigenvalue weighted by Crippen LogP contribution is 2.28. The van der Waals surface area contributed by atoms with Gasteiger partial charge in [-0.25, -0.2) is 8.42 Å². The summed E-state index contributed by atoms with van der Waals surface area (Å²) in [5.74, 6) is 0.436. The number of ether oxygens (including phenoxy) is 1. The fourth-order valence-electron chi connectivity index (χ4n) is 3.86. The third-order valence-corrected chi connectivity index (χ3v) is 8.22.